The van der Waals surface area contributed by atoms with Crippen LogP contribution in [-0.4, -0.2) is 11.7 Å². The van der Waals surface area contributed by atoms with E-state index in [0.29, 0.717) is 15.8 Å². The van der Waals surface area contributed by atoms with Gasteiger partial charge in [-0.25, -0.2) is 0 Å². The second kappa shape index (κ2) is 2.82. The number of epoxide rings is 1. The summed E-state index contributed by atoms with van der Waals surface area (Å²) in [5.74, 6) is 0.713. The van der Waals surface area contributed by atoms with Crippen LogP contribution in [0.15, 0.2) is 12.1 Å². The van der Waals surface area contributed by atoms with Crippen molar-refractivity contribution >= 4 is 23.2 Å². The normalized spacial score (nSPS) is 30.1. The first-order valence-corrected chi connectivity index (χ1v) is 5.58. The topological polar surface area (TPSA) is 21.8 Å². The number of benzene rings is 1. The third-order valence-corrected chi connectivity index (χ3v) is 3.38. The van der Waals surface area contributed by atoms with E-state index < -0.39 is 0 Å². The molecule has 1 aromatic rings. The summed E-state index contributed by atoms with van der Waals surface area (Å²) in [6, 6.07) is 3.56. The second-order valence-electron chi connectivity index (χ2n) is 4.49. The van der Waals surface area contributed by atoms with Crippen molar-refractivity contribution in [1.29, 1.82) is 0 Å². The molecule has 2 nitrogen and oxygen atoms in total. The summed E-state index contributed by atoms with van der Waals surface area (Å²) in [4.78, 5) is 0. The van der Waals surface area contributed by atoms with Gasteiger partial charge in [0.25, 0.3) is 0 Å². The van der Waals surface area contributed by atoms with Crippen molar-refractivity contribution in [1.82, 2.24) is 0 Å². The van der Waals surface area contributed by atoms with Crippen molar-refractivity contribution in [3.63, 3.8) is 0 Å². The Bertz CT molecular complexity index is 442. The predicted octanol–water partition coefficient (Wildman–Crippen LogP) is 3.60. The third-order valence-electron chi connectivity index (χ3n) is 2.89. The molecule has 2 unspecified atom stereocenters. The van der Waals surface area contributed by atoms with Crippen LogP contribution in [-0.2, 0) is 4.74 Å². The van der Waals surface area contributed by atoms with Gasteiger partial charge in [0.05, 0.1) is 5.02 Å². The van der Waals surface area contributed by atoms with Crippen LogP contribution in [0.3, 0.4) is 0 Å². The second-order valence-corrected chi connectivity index (χ2v) is 5.33. The zero-order chi connectivity index (χ0) is 10.8. The molecular formula is C11H10Cl2O2. The van der Waals surface area contributed by atoms with Crippen LogP contribution in [0.25, 0.3) is 0 Å². The van der Waals surface area contributed by atoms with E-state index in [1.807, 2.05) is 19.9 Å². The van der Waals surface area contributed by atoms with E-state index in [9.17, 15) is 0 Å². The Hall–Kier alpha value is -0.440. The number of rotatable bonds is 0. The first-order chi connectivity index (χ1) is 6.99. The van der Waals surface area contributed by atoms with Crippen molar-refractivity contribution in [3.05, 3.63) is 27.7 Å². The van der Waals surface area contributed by atoms with Crippen molar-refractivity contribution in [2.45, 2.75) is 31.7 Å². The van der Waals surface area contributed by atoms with Crippen LogP contribution in [0.4, 0.5) is 0 Å². The van der Waals surface area contributed by atoms with Gasteiger partial charge in [0.1, 0.15) is 23.6 Å². The van der Waals surface area contributed by atoms with E-state index in [2.05, 4.69) is 0 Å². The molecule has 0 radical (unpaired) electrons. The Morgan fingerprint density at radius 1 is 1.27 bits per heavy atom. The maximum Gasteiger partial charge on any atom is 0.144 e. The zero-order valence-corrected chi connectivity index (χ0v) is 9.89. The molecule has 1 saturated heterocycles. The summed E-state index contributed by atoms with van der Waals surface area (Å²) < 4.78 is 11.4. The molecule has 15 heavy (non-hydrogen) atoms. The summed E-state index contributed by atoms with van der Waals surface area (Å²) in [6.45, 7) is 4.01. The van der Waals surface area contributed by atoms with E-state index in [0.717, 1.165) is 5.56 Å². The minimum Gasteiger partial charge on any atom is -0.483 e. The van der Waals surface area contributed by atoms with Crippen LogP contribution < -0.4 is 4.74 Å². The van der Waals surface area contributed by atoms with Crippen molar-refractivity contribution in [2.24, 2.45) is 0 Å². The molecule has 2 aliphatic heterocycles. The van der Waals surface area contributed by atoms with Gasteiger partial charge in [-0.2, -0.15) is 0 Å². The highest BCUT2D eigenvalue weighted by atomic mass is 35.5. The molecule has 0 bridgehead atoms. The first-order valence-electron chi connectivity index (χ1n) is 4.82. The van der Waals surface area contributed by atoms with Gasteiger partial charge in [0.2, 0.25) is 0 Å². The minimum absolute atomic E-state index is 0.0972. The lowest BCUT2D eigenvalue weighted by atomic mass is 9.94. The molecule has 2 aliphatic rings. The monoisotopic (exact) mass is 244 g/mol. The van der Waals surface area contributed by atoms with Gasteiger partial charge >= 0.3 is 0 Å². The molecule has 1 fully saturated rings. The van der Waals surface area contributed by atoms with E-state index in [-0.39, 0.29) is 17.8 Å². The SMILES string of the molecule is CC1(C)Oc2c(Cl)cc(Cl)cc2C2OC21. The van der Waals surface area contributed by atoms with Gasteiger partial charge in [-0.3, -0.25) is 0 Å². The third kappa shape index (κ3) is 1.36. The van der Waals surface area contributed by atoms with Gasteiger partial charge in [0, 0.05) is 10.6 Å². The molecule has 2 heterocycles. The lowest BCUT2D eigenvalue weighted by Crippen LogP contribution is -2.37. The molecule has 0 aromatic heterocycles. The Kier molecular flexibility index (Phi) is 1.83. The summed E-state index contributed by atoms with van der Waals surface area (Å²) in [5.41, 5.74) is 0.659. The van der Waals surface area contributed by atoms with Crippen LogP contribution in [0.2, 0.25) is 10.0 Å². The molecule has 0 saturated carbocycles. The molecule has 4 heteroatoms. The fourth-order valence-corrected chi connectivity index (χ4v) is 2.65. The van der Waals surface area contributed by atoms with Crippen molar-refractivity contribution in [2.75, 3.05) is 0 Å². The highest BCUT2D eigenvalue weighted by Crippen LogP contribution is 2.55. The van der Waals surface area contributed by atoms with Crippen LogP contribution in [0.1, 0.15) is 25.5 Å². The molecule has 0 spiro atoms. The predicted molar refractivity (Wildman–Crippen MR) is 58.8 cm³/mol. The average molecular weight is 245 g/mol. The van der Waals surface area contributed by atoms with Crippen molar-refractivity contribution in [3.8, 4) is 5.75 Å². The molecule has 0 aliphatic carbocycles. The van der Waals surface area contributed by atoms with Gasteiger partial charge in [-0.05, 0) is 26.0 Å². The molecule has 2 atom stereocenters. The summed E-state index contributed by atoms with van der Waals surface area (Å²) in [7, 11) is 0. The van der Waals surface area contributed by atoms with E-state index >= 15 is 0 Å². The highest BCUT2D eigenvalue weighted by Gasteiger charge is 2.57. The quantitative estimate of drug-likeness (QED) is 0.651. The zero-order valence-electron chi connectivity index (χ0n) is 8.38. The maximum atomic E-state index is 6.09. The molecule has 1 aromatic carbocycles. The number of fused-ring (bicyclic) bond motifs is 3. The Labute approximate surface area is 98.1 Å². The first kappa shape index (κ1) is 9.76. The number of ether oxygens (including phenoxy) is 2. The largest absolute Gasteiger partial charge is 0.483 e. The number of halogens is 2. The Balaban J connectivity index is 2.16. The minimum atomic E-state index is -0.310. The number of hydrogen-bond acceptors (Lipinski definition) is 2. The van der Waals surface area contributed by atoms with Gasteiger partial charge < -0.3 is 9.47 Å². The van der Waals surface area contributed by atoms with Crippen molar-refractivity contribution < 1.29 is 9.47 Å². The molecule has 3 rings (SSSR count). The van der Waals surface area contributed by atoms with Crippen LogP contribution in [0.5, 0.6) is 5.75 Å². The standard InChI is InChI=1S/C11H10Cl2O2/c1-11(2)10-9(14-10)6-3-5(12)4-7(13)8(6)15-11/h3-4,9-10H,1-2H3. The van der Waals surface area contributed by atoms with E-state index in [1.54, 1.807) is 6.07 Å². The maximum absolute atomic E-state index is 6.09. The molecule has 0 amide bonds. The Morgan fingerprint density at radius 2 is 2.00 bits per heavy atom. The summed E-state index contributed by atoms with van der Waals surface area (Å²) in [6.07, 6.45) is 0.222. The summed E-state index contributed by atoms with van der Waals surface area (Å²) >= 11 is 12.0. The molecule has 80 valence electrons. The average Bonchev–Trinajstić information content (AvgIpc) is 2.87. The Morgan fingerprint density at radius 3 is 2.73 bits per heavy atom. The van der Waals surface area contributed by atoms with Crippen LogP contribution in [0, 0.1) is 0 Å². The summed E-state index contributed by atoms with van der Waals surface area (Å²) in [5, 5.41) is 1.18. The highest BCUT2D eigenvalue weighted by molar-refractivity contribution is 6.35. The lowest BCUT2D eigenvalue weighted by Gasteiger charge is -2.30. The van der Waals surface area contributed by atoms with Gasteiger partial charge in [-0.15, -0.1) is 0 Å². The van der Waals surface area contributed by atoms with E-state index in [1.165, 1.54) is 0 Å². The van der Waals surface area contributed by atoms with Gasteiger partial charge in [0.15, 0.2) is 0 Å². The smallest absolute Gasteiger partial charge is 0.144 e. The fourth-order valence-electron chi connectivity index (χ4n) is 2.10. The van der Waals surface area contributed by atoms with Gasteiger partial charge in [-0.1, -0.05) is 23.2 Å². The molecular weight excluding hydrogens is 235 g/mol. The van der Waals surface area contributed by atoms with Crippen LogP contribution >= 0.6 is 23.2 Å². The number of hydrogen-bond donors (Lipinski definition) is 0. The molecule has 0 N–H and O–H groups in total. The van der Waals surface area contributed by atoms with E-state index in [4.69, 9.17) is 32.7 Å². The lowest BCUT2D eigenvalue weighted by molar-refractivity contribution is 0.0726. The fraction of sp³-hybridized carbons (Fsp3) is 0.455.